The van der Waals surface area contributed by atoms with E-state index < -0.39 is 0 Å². The van der Waals surface area contributed by atoms with Crippen molar-refractivity contribution >= 4 is 11.6 Å². The summed E-state index contributed by atoms with van der Waals surface area (Å²) in [5.41, 5.74) is 0. The molecule has 0 aliphatic heterocycles. The topological polar surface area (TPSA) is 3.88 Å². The van der Waals surface area contributed by atoms with Gasteiger partial charge in [0.1, 0.15) is 0 Å². The van der Waals surface area contributed by atoms with Crippen LogP contribution in [0.3, 0.4) is 0 Å². The highest BCUT2D eigenvalue weighted by atomic mass is 35.5. The first kappa shape index (κ1) is 8.28. The number of aromatic nitrogens is 1. The summed E-state index contributed by atoms with van der Waals surface area (Å²) in [4.78, 5) is 0. The van der Waals surface area contributed by atoms with E-state index in [2.05, 4.69) is 0 Å². The molecule has 0 aliphatic rings. The lowest BCUT2D eigenvalue weighted by molar-refractivity contribution is -0.688. The van der Waals surface area contributed by atoms with Crippen molar-refractivity contribution in [2.45, 2.75) is 13.5 Å². The first-order valence-electron chi connectivity index (χ1n) is 3.57. The van der Waals surface area contributed by atoms with Gasteiger partial charge < -0.3 is 0 Å². The van der Waals surface area contributed by atoms with Gasteiger partial charge in [-0.05, 0) is 6.92 Å². The van der Waals surface area contributed by atoms with E-state index in [4.69, 9.17) is 11.6 Å². The lowest BCUT2D eigenvalue weighted by Crippen LogP contribution is -2.32. The van der Waals surface area contributed by atoms with E-state index in [1.807, 2.05) is 48.2 Å². The predicted octanol–water partition coefficient (Wildman–Crippen LogP) is 2.12. The lowest BCUT2D eigenvalue weighted by Gasteiger charge is -1.92. The van der Waals surface area contributed by atoms with Gasteiger partial charge >= 0.3 is 0 Å². The Balaban J connectivity index is 2.65. The Kier molecular flexibility index (Phi) is 3.12. The molecule has 1 heterocycles. The lowest BCUT2D eigenvalue weighted by atomic mass is 10.4. The fourth-order valence-electron chi connectivity index (χ4n) is 0.805. The zero-order valence-corrected chi connectivity index (χ0v) is 7.25. The standard InChI is InChI=1S/C9H11ClN/c1-2-9(10)8-11-6-4-3-5-7-11/h2-7H,8H2,1H3/q+1. The van der Waals surface area contributed by atoms with E-state index >= 15 is 0 Å². The summed E-state index contributed by atoms with van der Waals surface area (Å²) < 4.78 is 2.03. The molecule has 0 spiro atoms. The van der Waals surface area contributed by atoms with Crippen LogP contribution >= 0.6 is 11.6 Å². The van der Waals surface area contributed by atoms with Gasteiger partial charge in [0.25, 0.3) is 0 Å². The molecule has 1 aromatic heterocycles. The highest BCUT2D eigenvalue weighted by molar-refractivity contribution is 6.29. The minimum atomic E-state index is 0.763. The van der Waals surface area contributed by atoms with E-state index in [9.17, 15) is 0 Å². The van der Waals surface area contributed by atoms with Crippen molar-refractivity contribution in [1.82, 2.24) is 0 Å². The van der Waals surface area contributed by atoms with E-state index in [-0.39, 0.29) is 0 Å². The fourth-order valence-corrected chi connectivity index (χ4v) is 0.943. The zero-order valence-electron chi connectivity index (χ0n) is 6.50. The molecule has 0 N–H and O–H groups in total. The smallest absolute Gasteiger partial charge is 0.183 e. The first-order valence-corrected chi connectivity index (χ1v) is 3.95. The van der Waals surface area contributed by atoms with E-state index in [0.717, 1.165) is 11.6 Å². The van der Waals surface area contributed by atoms with Crippen LogP contribution in [0.2, 0.25) is 0 Å². The van der Waals surface area contributed by atoms with Crippen LogP contribution in [0, 0.1) is 0 Å². The van der Waals surface area contributed by atoms with Crippen LogP contribution in [0.1, 0.15) is 6.92 Å². The Morgan fingerprint density at radius 2 is 2.00 bits per heavy atom. The number of hydrogen-bond acceptors (Lipinski definition) is 0. The molecular weight excluding hydrogens is 158 g/mol. The molecule has 0 bridgehead atoms. The third-order valence-electron chi connectivity index (χ3n) is 1.42. The van der Waals surface area contributed by atoms with Gasteiger partial charge in [-0.25, -0.2) is 0 Å². The van der Waals surface area contributed by atoms with Crippen molar-refractivity contribution in [2.75, 3.05) is 0 Å². The summed E-state index contributed by atoms with van der Waals surface area (Å²) in [6.07, 6.45) is 5.89. The molecule has 0 fully saturated rings. The molecule has 1 nitrogen and oxygen atoms in total. The number of pyridine rings is 1. The average Bonchev–Trinajstić information content (AvgIpc) is 2.06. The van der Waals surface area contributed by atoms with E-state index in [1.54, 1.807) is 0 Å². The summed E-state index contributed by atoms with van der Waals surface area (Å²) >= 11 is 5.84. The maximum atomic E-state index is 5.84. The van der Waals surface area contributed by atoms with Crippen LogP contribution in [-0.4, -0.2) is 0 Å². The molecule has 0 amide bonds. The van der Waals surface area contributed by atoms with Crippen molar-refractivity contribution in [3.63, 3.8) is 0 Å². The van der Waals surface area contributed by atoms with Gasteiger partial charge in [-0.2, -0.15) is 4.57 Å². The second kappa shape index (κ2) is 4.14. The molecular formula is C9H11ClN+. The number of allylic oxidation sites excluding steroid dienone is 2. The molecule has 2 heteroatoms. The van der Waals surface area contributed by atoms with Gasteiger partial charge in [0.05, 0.1) is 5.03 Å². The van der Waals surface area contributed by atoms with Crippen molar-refractivity contribution in [3.8, 4) is 0 Å². The quantitative estimate of drug-likeness (QED) is 0.596. The number of hydrogen-bond donors (Lipinski definition) is 0. The normalized spacial score (nSPS) is 11.6. The van der Waals surface area contributed by atoms with Crippen LogP contribution in [0.25, 0.3) is 0 Å². The summed E-state index contributed by atoms with van der Waals surface area (Å²) in [7, 11) is 0. The van der Waals surface area contributed by atoms with Crippen LogP contribution in [0.5, 0.6) is 0 Å². The summed E-state index contributed by atoms with van der Waals surface area (Å²) in [6, 6.07) is 5.96. The third-order valence-corrected chi connectivity index (χ3v) is 1.76. The predicted molar refractivity (Wildman–Crippen MR) is 46.2 cm³/mol. The van der Waals surface area contributed by atoms with Crippen molar-refractivity contribution < 1.29 is 4.57 Å². The molecule has 0 radical (unpaired) electrons. The molecule has 58 valence electrons. The Morgan fingerprint density at radius 3 is 2.55 bits per heavy atom. The van der Waals surface area contributed by atoms with Crippen LogP contribution in [0.15, 0.2) is 41.7 Å². The van der Waals surface area contributed by atoms with Crippen LogP contribution in [-0.2, 0) is 6.54 Å². The fraction of sp³-hybridized carbons (Fsp3) is 0.222. The molecule has 0 unspecified atom stereocenters. The third kappa shape index (κ3) is 2.72. The Morgan fingerprint density at radius 1 is 1.36 bits per heavy atom. The van der Waals surface area contributed by atoms with Gasteiger partial charge in [-0.1, -0.05) is 23.7 Å². The SMILES string of the molecule is CC=C(Cl)C[n+]1ccccc1. The Labute approximate surface area is 71.9 Å². The van der Waals surface area contributed by atoms with Crippen molar-refractivity contribution in [3.05, 3.63) is 41.7 Å². The molecule has 0 saturated carbocycles. The molecule has 1 rings (SSSR count). The Bertz CT molecular complexity index is 241. The summed E-state index contributed by atoms with van der Waals surface area (Å²) in [5.74, 6) is 0. The van der Waals surface area contributed by atoms with Gasteiger partial charge in [-0.15, -0.1) is 0 Å². The number of rotatable bonds is 2. The second-order valence-corrected chi connectivity index (χ2v) is 2.77. The zero-order chi connectivity index (χ0) is 8.10. The number of nitrogens with zero attached hydrogens (tertiary/aromatic N) is 1. The summed E-state index contributed by atoms with van der Waals surface area (Å²) in [5, 5.41) is 0.862. The van der Waals surface area contributed by atoms with E-state index in [0.29, 0.717) is 0 Å². The Hall–Kier alpha value is -0.820. The average molecular weight is 169 g/mol. The van der Waals surface area contributed by atoms with Gasteiger partial charge in [0.2, 0.25) is 0 Å². The largest absolute Gasteiger partial charge is 0.200 e. The van der Waals surface area contributed by atoms with Crippen molar-refractivity contribution in [1.29, 1.82) is 0 Å². The second-order valence-electron chi connectivity index (χ2n) is 2.28. The van der Waals surface area contributed by atoms with Gasteiger partial charge in [0.15, 0.2) is 18.9 Å². The molecule has 11 heavy (non-hydrogen) atoms. The molecule has 0 saturated heterocycles. The first-order chi connectivity index (χ1) is 5.33. The van der Waals surface area contributed by atoms with Crippen LogP contribution < -0.4 is 4.57 Å². The molecule has 1 aromatic rings. The van der Waals surface area contributed by atoms with Gasteiger partial charge in [0, 0.05) is 12.1 Å². The molecule has 0 aliphatic carbocycles. The maximum Gasteiger partial charge on any atom is 0.183 e. The highest BCUT2D eigenvalue weighted by Gasteiger charge is 1.98. The molecule has 0 atom stereocenters. The van der Waals surface area contributed by atoms with E-state index in [1.165, 1.54) is 0 Å². The highest BCUT2D eigenvalue weighted by Crippen LogP contribution is 1.98. The summed E-state index contributed by atoms with van der Waals surface area (Å²) in [6.45, 7) is 2.70. The maximum absolute atomic E-state index is 5.84. The van der Waals surface area contributed by atoms with Crippen LogP contribution in [0.4, 0.5) is 0 Å². The van der Waals surface area contributed by atoms with Gasteiger partial charge in [-0.3, -0.25) is 0 Å². The monoisotopic (exact) mass is 168 g/mol. The number of halogens is 1. The minimum absolute atomic E-state index is 0.763. The molecule has 0 aromatic carbocycles. The van der Waals surface area contributed by atoms with Crippen molar-refractivity contribution in [2.24, 2.45) is 0 Å². The minimum Gasteiger partial charge on any atom is -0.200 e.